The molecule has 0 saturated heterocycles. The number of H-pyrrole nitrogens is 1. The van der Waals surface area contributed by atoms with Crippen molar-refractivity contribution in [2.24, 2.45) is 17.4 Å². The maximum atomic E-state index is 13.3. The molecule has 1 aromatic heterocycles. The van der Waals surface area contributed by atoms with E-state index in [1.54, 1.807) is 32.2 Å². The highest BCUT2D eigenvalue weighted by atomic mass is 16.4. The molecule has 5 atom stereocenters. The van der Waals surface area contributed by atoms with Crippen LogP contribution in [0.5, 0.6) is 0 Å². The van der Waals surface area contributed by atoms with E-state index in [0.717, 1.165) is 10.9 Å². The Morgan fingerprint density at radius 2 is 1.56 bits per heavy atom. The number of amides is 4. The van der Waals surface area contributed by atoms with Crippen molar-refractivity contribution in [1.29, 1.82) is 0 Å². The van der Waals surface area contributed by atoms with Crippen LogP contribution in [0, 0.1) is 5.92 Å². The number of primary amides is 1. The van der Waals surface area contributed by atoms with E-state index in [-0.39, 0.29) is 25.7 Å². The van der Waals surface area contributed by atoms with E-state index in [1.807, 2.05) is 12.1 Å². The molecule has 41 heavy (non-hydrogen) atoms. The highest BCUT2D eigenvalue weighted by molar-refractivity contribution is 5.95. The Labute approximate surface area is 236 Å². The lowest BCUT2D eigenvalue weighted by molar-refractivity contribution is -0.143. The molecule has 0 radical (unpaired) electrons. The maximum absolute atomic E-state index is 13.3. The van der Waals surface area contributed by atoms with Crippen molar-refractivity contribution in [1.82, 2.24) is 20.9 Å². The lowest BCUT2D eigenvalue weighted by Gasteiger charge is -2.28. The van der Waals surface area contributed by atoms with Crippen LogP contribution in [0.25, 0.3) is 10.9 Å². The van der Waals surface area contributed by atoms with E-state index in [2.05, 4.69) is 20.9 Å². The summed E-state index contributed by atoms with van der Waals surface area (Å²) in [5.74, 6) is -5.97. The Hall–Kier alpha value is -4.46. The number of carbonyl (C=O) groups is 6. The molecule has 1 aromatic carbocycles. The van der Waals surface area contributed by atoms with Gasteiger partial charge < -0.3 is 42.6 Å². The smallest absolute Gasteiger partial charge is 0.326 e. The zero-order valence-electron chi connectivity index (χ0n) is 23.0. The summed E-state index contributed by atoms with van der Waals surface area (Å²) in [6.45, 7) is 3.47. The molecule has 2 rings (SSSR count). The highest BCUT2D eigenvalue weighted by Crippen LogP contribution is 2.19. The predicted molar refractivity (Wildman–Crippen MR) is 148 cm³/mol. The first kappa shape index (κ1) is 32.8. The van der Waals surface area contributed by atoms with Gasteiger partial charge in [-0.3, -0.25) is 24.0 Å². The number of aromatic amines is 1. The van der Waals surface area contributed by atoms with Crippen LogP contribution >= 0.6 is 0 Å². The van der Waals surface area contributed by atoms with Gasteiger partial charge in [-0.25, -0.2) is 4.79 Å². The molecular formula is C27H38N6O8. The molecular weight excluding hydrogens is 536 g/mol. The molecule has 2 aromatic rings. The third-order valence-electron chi connectivity index (χ3n) is 6.83. The van der Waals surface area contributed by atoms with E-state index in [9.17, 15) is 39.0 Å². The van der Waals surface area contributed by atoms with Crippen molar-refractivity contribution in [3.05, 3.63) is 36.0 Å². The van der Waals surface area contributed by atoms with Gasteiger partial charge in [0, 0.05) is 36.4 Å². The number of carboxylic acid groups (broad SMARTS) is 2. The Kier molecular flexibility index (Phi) is 12.3. The second-order valence-corrected chi connectivity index (χ2v) is 9.94. The van der Waals surface area contributed by atoms with Gasteiger partial charge in [0.15, 0.2) is 0 Å². The Morgan fingerprint density at radius 3 is 2.17 bits per heavy atom. The summed E-state index contributed by atoms with van der Waals surface area (Å²) >= 11 is 0. The summed E-state index contributed by atoms with van der Waals surface area (Å²) in [4.78, 5) is 76.4. The summed E-state index contributed by atoms with van der Waals surface area (Å²) in [7, 11) is 0. The number of aromatic nitrogens is 1. The number of aliphatic carboxylic acids is 2. The minimum absolute atomic E-state index is 0.0351. The number of nitrogens with two attached hydrogens (primary N) is 2. The van der Waals surface area contributed by atoms with Gasteiger partial charge >= 0.3 is 11.9 Å². The van der Waals surface area contributed by atoms with E-state index >= 15 is 0 Å². The zero-order valence-corrected chi connectivity index (χ0v) is 23.0. The Bertz CT molecular complexity index is 1260. The quantitative estimate of drug-likeness (QED) is 0.124. The summed E-state index contributed by atoms with van der Waals surface area (Å²) in [5, 5.41) is 27.2. The minimum Gasteiger partial charge on any atom is -0.481 e. The molecule has 0 aliphatic rings. The van der Waals surface area contributed by atoms with Gasteiger partial charge in [0.1, 0.15) is 18.1 Å². The number of para-hydroxylation sites is 1. The van der Waals surface area contributed by atoms with E-state index in [1.165, 1.54) is 0 Å². The van der Waals surface area contributed by atoms with Crippen LogP contribution in [-0.2, 0) is 35.2 Å². The SMILES string of the molecule is CC[C@H](C)[C@H](NC(=O)[C@H](N)CCC(N)=O)C(=O)N[C@H](CCC(=O)O)C(=O)N[C@@H](Cc1c[nH]c2ccccc12)C(=O)O. The molecule has 0 aliphatic heterocycles. The fourth-order valence-corrected chi connectivity index (χ4v) is 4.18. The maximum Gasteiger partial charge on any atom is 0.326 e. The topological polar surface area (TPSA) is 247 Å². The second-order valence-electron chi connectivity index (χ2n) is 9.94. The zero-order chi connectivity index (χ0) is 30.7. The van der Waals surface area contributed by atoms with Gasteiger partial charge in [0.2, 0.25) is 23.6 Å². The van der Waals surface area contributed by atoms with Crippen LogP contribution in [0.15, 0.2) is 30.5 Å². The number of fused-ring (bicyclic) bond motifs is 1. The van der Waals surface area contributed by atoms with Crippen molar-refractivity contribution in [3.8, 4) is 0 Å². The molecule has 224 valence electrons. The van der Waals surface area contributed by atoms with Crippen LogP contribution in [0.4, 0.5) is 0 Å². The molecule has 0 unspecified atom stereocenters. The van der Waals surface area contributed by atoms with Gasteiger partial charge in [-0.2, -0.15) is 0 Å². The van der Waals surface area contributed by atoms with E-state index < -0.39 is 72.1 Å². The summed E-state index contributed by atoms with van der Waals surface area (Å²) in [6, 6.07) is 2.20. The number of hydrogen-bond acceptors (Lipinski definition) is 7. The molecule has 14 nitrogen and oxygen atoms in total. The number of rotatable bonds is 17. The molecule has 0 aliphatic carbocycles. The monoisotopic (exact) mass is 574 g/mol. The minimum atomic E-state index is -1.41. The van der Waals surface area contributed by atoms with Crippen molar-refractivity contribution < 1.29 is 39.0 Å². The van der Waals surface area contributed by atoms with Crippen LogP contribution in [0.2, 0.25) is 0 Å². The first-order valence-electron chi connectivity index (χ1n) is 13.3. The fraction of sp³-hybridized carbons (Fsp3) is 0.481. The molecule has 1 heterocycles. The number of benzene rings is 1. The largest absolute Gasteiger partial charge is 0.481 e. The van der Waals surface area contributed by atoms with E-state index in [4.69, 9.17) is 11.5 Å². The molecule has 14 heteroatoms. The first-order chi connectivity index (χ1) is 19.3. The van der Waals surface area contributed by atoms with Gasteiger partial charge in [-0.05, 0) is 30.4 Å². The molecule has 0 spiro atoms. The summed E-state index contributed by atoms with van der Waals surface area (Å²) < 4.78 is 0. The van der Waals surface area contributed by atoms with Crippen molar-refractivity contribution in [2.75, 3.05) is 0 Å². The number of hydrogen-bond donors (Lipinski definition) is 8. The Morgan fingerprint density at radius 1 is 0.902 bits per heavy atom. The van der Waals surface area contributed by atoms with E-state index in [0.29, 0.717) is 12.0 Å². The highest BCUT2D eigenvalue weighted by Gasteiger charge is 2.33. The Balaban J connectivity index is 2.20. The standard InChI is InChI=1S/C27H38N6O8/c1-3-14(2)23(33-24(37)17(28)8-10-21(29)34)26(39)31-19(9-11-22(35)36)25(38)32-20(27(40)41)12-15-13-30-18-7-5-4-6-16(15)18/h4-7,13-14,17,19-20,23,30H,3,8-12,28H2,1-2H3,(H2,29,34)(H,31,39)(H,32,38)(H,33,37)(H,35,36)(H,40,41)/t14-,17+,19+,20-,23-/m0/s1. The lowest BCUT2D eigenvalue weighted by atomic mass is 9.96. The fourth-order valence-electron chi connectivity index (χ4n) is 4.18. The van der Waals surface area contributed by atoms with Crippen molar-refractivity contribution in [2.45, 2.75) is 76.5 Å². The average molecular weight is 575 g/mol. The average Bonchev–Trinajstić information content (AvgIpc) is 3.33. The lowest BCUT2D eigenvalue weighted by Crippen LogP contribution is -2.58. The third-order valence-corrected chi connectivity index (χ3v) is 6.83. The molecule has 0 fully saturated rings. The third kappa shape index (κ3) is 9.90. The van der Waals surface area contributed by atoms with Crippen LogP contribution in [0.1, 0.15) is 51.5 Å². The second kappa shape index (κ2) is 15.4. The molecule has 4 amide bonds. The van der Waals surface area contributed by atoms with Gasteiger partial charge in [-0.15, -0.1) is 0 Å². The predicted octanol–water partition coefficient (Wildman–Crippen LogP) is -0.247. The normalized spacial score (nSPS) is 14.7. The van der Waals surface area contributed by atoms with Gasteiger partial charge in [-0.1, -0.05) is 38.5 Å². The van der Waals surface area contributed by atoms with Crippen LogP contribution in [-0.4, -0.2) is 74.9 Å². The van der Waals surface area contributed by atoms with Crippen molar-refractivity contribution >= 4 is 46.5 Å². The van der Waals surface area contributed by atoms with Gasteiger partial charge in [0.25, 0.3) is 0 Å². The summed E-state index contributed by atoms with van der Waals surface area (Å²) in [6.07, 6.45) is 1.04. The van der Waals surface area contributed by atoms with Gasteiger partial charge in [0.05, 0.1) is 6.04 Å². The summed E-state index contributed by atoms with van der Waals surface area (Å²) in [5.41, 5.74) is 12.4. The molecule has 10 N–H and O–H groups in total. The van der Waals surface area contributed by atoms with Crippen LogP contribution in [0.3, 0.4) is 0 Å². The first-order valence-corrected chi connectivity index (χ1v) is 13.3. The molecule has 0 saturated carbocycles. The van der Waals surface area contributed by atoms with Crippen molar-refractivity contribution in [3.63, 3.8) is 0 Å². The molecule has 0 bridgehead atoms. The number of carbonyl (C=O) groups excluding carboxylic acids is 4. The number of nitrogens with one attached hydrogen (secondary N) is 4. The van der Waals surface area contributed by atoms with Crippen LogP contribution < -0.4 is 27.4 Å². The number of carboxylic acids is 2.